The minimum Gasteiger partial charge on any atom is -0.492 e. The van der Waals surface area contributed by atoms with Crippen molar-refractivity contribution in [2.75, 3.05) is 19.7 Å². The van der Waals surface area contributed by atoms with Crippen LogP contribution in [0.15, 0.2) is 35.3 Å². The van der Waals surface area contributed by atoms with E-state index in [2.05, 4.69) is 27.5 Å². The number of nitrogens with one attached hydrogen (secondary N) is 2. The summed E-state index contributed by atoms with van der Waals surface area (Å²) in [6.07, 6.45) is 0. The molecule has 0 aliphatic rings. The zero-order chi connectivity index (χ0) is 16.5. The zero-order valence-electron chi connectivity index (χ0n) is 14.3. The van der Waals surface area contributed by atoms with Gasteiger partial charge in [-0.2, -0.15) is 0 Å². The quantitative estimate of drug-likeness (QED) is 0.288. The molecule has 1 aromatic heterocycles. The number of benzene rings is 1. The first-order chi connectivity index (χ1) is 11.2. The Morgan fingerprint density at radius 1 is 1.21 bits per heavy atom. The van der Waals surface area contributed by atoms with Crippen LogP contribution in [-0.4, -0.2) is 30.6 Å². The Labute approximate surface area is 165 Å². The van der Waals surface area contributed by atoms with Gasteiger partial charge in [-0.15, -0.1) is 35.3 Å². The third-order valence-corrected chi connectivity index (χ3v) is 4.19. The number of rotatable bonds is 7. The second-order valence-corrected chi connectivity index (χ2v) is 6.31. The first kappa shape index (κ1) is 20.7. The lowest BCUT2D eigenvalue weighted by molar-refractivity contribution is 0.322. The minimum atomic E-state index is 0. The monoisotopic (exact) mass is 460 g/mol. The summed E-state index contributed by atoms with van der Waals surface area (Å²) in [6, 6.07) is 9.81. The molecule has 1 heterocycles. The lowest BCUT2D eigenvalue weighted by Crippen LogP contribution is -2.39. The highest BCUT2D eigenvalue weighted by atomic mass is 127. The van der Waals surface area contributed by atoms with Gasteiger partial charge in [-0.25, -0.2) is 9.98 Å². The number of thiazole rings is 1. The number of ether oxygens (including phenoxy) is 1. The number of aromatic nitrogens is 1. The third-order valence-electron chi connectivity index (χ3n) is 3.13. The lowest BCUT2D eigenvalue weighted by atomic mass is 10.3. The summed E-state index contributed by atoms with van der Waals surface area (Å²) in [4.78, 5) is 10.3. The largest absolute Gasteiger partial charge is 0.492 e. The number of halogens is 1. The predicted octanol–water partition coefficient (Wildman–Crippen LogP) is 3.51. The number of guanidine groups is 1. The lowest BCUT2D eigenvalue weighted by Gasteiger charge is -2.12. The van der Waals surface area contributed by atoms with Crippen LogP contribution in [0.1, 0.15) is 22.5 Å². The maximum absolute atomic E-state index is 5.67. The molecular weight excluding hydrogens is 435 g/mol. The Kier molecular flexibility index (Phi) is 9.70. The van der Waals surface area contributed by atoms with Crippen molar-refractivity contribution in [2.24, 2.45) is 4.99 Å². The fraction of sp³-hybridized carbons (Fsp3) is 0.412. The van der Waals surface area contributed by atoms with E-state index in [1.54, 1.807) is 11.3 Å². The molecule has 0 aliphatic heterocycles. The highest BCUT2D eigenvalue weighted by molar-refractivity contribution is 14.0. The smallest absolute Gasteiger partial charge is 0.191 e. The number of hydrogen-bond donors (Lipinski definition) is 2. The summed E-state index contributed by atoms with van der Waals surface area (Å²) in [7, 11) is 0. The van der Waals surface area contributed by atoms with Gasteiger partial charge in [0.15, 0.2) is 5.96 Å². The molecule has 7 heteroatoms. The van der Waals surface area contributed by atoms with Crippen LogP contribution in [0.2, 0.25) is 0 Å². The molecule has 0 spiro atoms. The Morgan fingerprint density at radius 2 is 1.96 bits per heavy atom. The van der Waals surface area contributed by atoms with Gasteiger partial charge < -0.3 is 15.4 Å². The molecule has 132 valence electrons. The molecule has 0 unspecified atom stereocenters. The van der Waals surface area contributed by atoms with Crippen molar-refractivity contribution < 1.29 is 4.74 Å². The number of nitrogens with zero attached hydrogens (tertiary/aromatic N) is 2. The van der Waals surface area contributed by atoms with Crippen LogP contribution in [0, 0.1) is 13.8 Å². The average molecular weight is 460 g/mol. The van der Waals surface area contributed by atoms with Gasteiger partial charge in [0, 0.05) is 11.4 Å². The predicted molar refractivity (Wildman–Crippen MR) is 112 cm³/mol. The fourth-order valence-corrected chi connectivity index (χ4v) is 2.93. The molecule has 0 atom stereocenters. The molecule has 0 bridgehead atoms. The van der Waals surface area contributed by atoms with Crippen molar-refractivity contribution >= 4 is 41.3 Å². The second-order valence-electron chi connectivity index (χ2n) is 5.02. The molecule has 0 fully saturated rings. The Balaban J connectivity index is 0.00000288. The molecule has 5 nitrogen and oxygen atoms in total. The summed E-state index contributed by atoms with van der Waals surface area (Å²) in [5, 5.41) is 7.62. The number of aryl methyl sites for hydroxylation is 2. The van der Waals surface area contributed by atoms with E-state index in [9.17, 15) is 0 Å². The van der Waals surface area contributed by atoms with Crippen LogP contribution in [-0.2, 0) is 6.54 Å². The van der Waals surface area contributed by atoms with Gasteiger partial charge in [0.2, 0.25) is 0 Å². The molecule has 0 radical (unpaired) electrons. The first-order valence-corrected chi connectivity index (χ1v) is 8.63. The van der Waals surface area contributed by atoms with Gasteiger partial charge in [0.25, 0.3) is 0 Å². The van der Waals surface area contributed by atoms with Crippen molar-refractivity contribution in [3.05, 3.63) is 45.9 Å². The number of aliphatic imine (C=N–C) groups is 1. The van der Waals surface area contributed by atoms with Crippen LogP contribution in [0.4, 0.5) is 0 Å². The Morgan fingerprint density at radius 3 is 2.58 bits per heavy atom. The maximum atomic E-state index is 5.67. The van der Waals surface area contributed by atoms with Gasteiger partial charge in [0.05, 0.1) is 23.8 Å². The van der Waals surface area contributed by atoms with Gasteiger partial charge in [-0.05, 0) is 32.9 Å². The van der Waals surface area contributed by atoms with E-state index in [-0.39, 0.29) is 24.0 Å². The van der Waals surface area contributed by atoms with E-state index in [0.29, 0.717) is 19.7 Å². The molecule has 2 aromatic rings. The molecule has 2 rings (SSSR count). The molecule has 0 aliphatic carbocycles. The van der Waals surface area contributed by atoms with Crippen molar-refractivity contribution in [3.63, 3.8) is 0 Å². The highest BCUT2D eigenvalue weighted by Crippen LogP contribution is 2.17. The van der Waals surface area contributed by atoms with E-state index < -0.39 is 0 Å². The molecule has 0 saturated carbocycles. The highest BCUT2D eigenvalue weighted by Gasteiger charge is 2.04. The van der Waals surface area contributed by atoms with Crippen LogP contribution in [0.5, 0.6) is 5.75 Å². The fourth-order valence-electron chi connectivity index (χ4n) is 2.07. The normalized spacial score (nSPS) is 10.9. The maximum Gasteiger partial charge on any atom is 0.191 e. The summed E-state index contributed by atoms with van der Waals surface area (Å²) >= 11 is 1.70. The molecule has 0 amide bonds. The van der Waals surface area contributed by atoms with E-state index in [1.165, 1.54) is 4.88 Å². The summed E-state index contributed by atoms with van der Waals surface area (Å²) in [5.74, 6) is 1.68. The Hall–Kier alpha value is -1.35. The van der Waals surface area contributed by atoms with E-state index in [4.69, 9.17) is 4.74 Å². The van der Waals surface area contributed by atoms with Crippen LogP contribution in [0.3, 0.4) is 0 Å². The minimum absolute atomic E-state index is 0. The van der Waals surface area contributed by atoms with Gasteiger partial charge in [-0.3, -0.25) is 0 Å². The average Bonchev–Trinajstić information content (AvgIpc) is 2.87. The molecular formula is C17H25IN4OS. The van der Waals surface area contributed by atoms with Crippen molar-refractivity contribution in [2.45, 2.75) is 27.3 Å². The topological polar surface area (TPSA) is 58.5 Å². The van der Waals surface area contributed by atoms with Crippen LogP contribution >= 0.6 is 35.3 Å². The van der Waals surface area contributed by atoms with Gasteiger partial charge in [-0.1, -0.05) is 18.2 Å². The molecule has 24 heavy (non-hydrogen) atoms. The number of para-hydroxylation sites is 1. The Bertz CT molecular complexity index is 631. The standard InChI is InChI=1S/C17H24N4OS.HI/c1-4-18-17(20-12-16-13(2)21-14(3)23-16)19-10-11-22-15-8-6-5-7-9-15;/h5-9H,4,10-12H2,1-3H3,(H2,18,19,20);1H. The van der Waals surface area contributed by atoms with Crippen molar-refractivity contribution in [1.29, 1.82) is 0 Å². The van der Waals surface area contributed by atoms with Gasteiger partial charge >= 0.3 is 0 Å². The number of hydrogen-bond acceptors (Lipinski definition) is 4. The molecule has 1 aromatic carbocycles. The SMILES string of the molecule is CCNC(=NCc1sc(C)nc1C)NCCOc1ccccc1.I. The van der Waals surface area contributed by atoms with Crippen molar-refractivity contribution in [1.82, 2.24) is 15.6 Å². The van der Waals surface area contributed by atoms with Crippen LogP contribution in [0.25, 0.3) is 0 Å². The van der Waals surface area contributed by atoms with Gasteiger partial charge in [0.1, 0.15) is 12.4 Å². The van der Waals surface area contributed by atoms with E-state index in [0.717, 1.165) is 29.0 Å². The van der Waals surface area contributed by atoms with E-state index in [1.807, 2.05) is 44.2 Å². The van der Waals surface area contributed by atoms with Crippen molar-refractivity contribution in [3.8, 4) is 5.75 Å². The molecule has 0 saturated heterocycles. The summed E-state index contributed by atoms with van der Waals surface area (Å²) in [6.45, 7) is 8.87. The zero-order valence-corrected chi connectivity index (χ0v) is 17.5. The van der Waals surface area contributed by atoms with Crippen LogP contribution < -0.4 is 15.4 Å². The third kappa shape index (κ3) is 7.04. The first-order valence-electron chi connectivity index (χ1n) is 7.82. The summed E-state index contributed by atoms with van der Waals surface area (Å²) < 4.78 is 5.67. The second kappa shape index (κ2) is 11.2. The summed E-state index contributed by atoms with van der Waals surface area (Å²) in [5.41, 5.74) is 1.07. The molecule has 2 N–H and O–H groups in total. The van der Waals surface area contributed by atoms with E-state index >= 15 is 0 Å².